The number of aromatic nitrogens is 2. The molecule has 0 fully saturated rings. The minimum atomic E-state index is -4.75. The fraction of sp³-hybridized carbons (Fsp3) is 0.286. The molecule has 0 spiro atoms. The second-order valence-electron chi connectivity index (χ2n) is 5.20. The Labute approximate surface area is 141 Å². The third-order valence-electron chi connectivity index (χ3n) is 3.52. The predicted molar refractivity (Wildman–Crippen MR) is 83.4 cm³/mol. The number of halogens is 4. The van der Waals surface area contributed by atoms with Crippen molar-refractivity contribution in [3.63, 3.8) is 0 Å². The van der Waals surface area contributed by atoms with Gasteiger partial charge in [0, 0.05) is 12.2 Å². The number of benzene rings is 1. The van der Waals surface area contributed by atoms with Crippen LogP contribution >= 0.6 is 12.4 Å². The van der Waals surface area contributed by atoms with Crippen LogP contribution in [0.3, 0.4) is 0 Å². The first-order valence-electron chi connectivity index (χ1n) is 6.77. The molecule has 6 nitrogen and oxygen atoms in total. The Hall–Kier alpha value is -2.42. The van der Waals surface area contributed by atoms with Crippen molar-refractivity contribution in [2.24, 2.45) is 0 Å². The van der Waals surface area contributed by atoms with E-state index in [-0.39, 0.29) is 41.5 Å². The highest BCUT2D eigenvalue weighted by Crippen LogP contribution is 2.30. The van der Waals surface area contributed by atoms with E-state index in [9.17, 15) is 18.0 Å². The number of amides is 1. The van der Waals surface area contributed by atoms with Gasteiger partial charge in [-0.15, -0.1) is 25.6 Å². The highest BCUT2D eigenvalue weighted by molar-refractivity contribution is 6.08. The summed E-state index contributed by atoms with van der Waals surface area (Å²) in [4.78, 5) is 14.0. The third kappa shape index (κ3) is 3.25. The van der Waals surface area contributed by atoms with Crippen molar-refractivity contribution < 1.29 is 22.7 Å². The molecule has 1 aliphatic rings. The Morgan fingerprint density at radius 1 is 1.29 bits per heavy atom. The van der Waals surface area contributed by atoms with E-state index >= 15 is 0 Å². The number of carbonyl (C=O) groups is 1. The molecule has 3 rings (SSSR count). The van der Waals surface area contributed by atoms with Crippen molar-refractivity contribution in [1.29, 1.82) is 0 Å². The molecule has 1 aromatic carbocycles. The number of anilines is 2. The second-order valence-corrected chi connectivity index (χ2v) is 5.20. The molecule has 1 unspecified atom stereocenters. The summed E-state index contributed by atoms with van der Waals surface area (Å²) in [7, 11) is 0. The molecule has 1 amide bonds. The molecular weight excluding hydrogens is 349 g/mol. The molecular formula is C14H14ClF3N4O2. The maximum absolute atomic E-state index is 12.5. The fourth-order valence-corrected chi connectivity index (χ4v) is 2.53. The summed E-state index contributed by atoms with van der Waals surface area (Å²) < 4.78 is 41.9. The Kier molecular flexibility index (Phi) is 4.66. The maximum atomic E-state index is 12.5. The van der Waals surface area contributed by atoms with Crippen LogP contribution in [0.1, 0.15) is 23.5 Å². The molecule has 1 atom stereocenters. The van der Waals surface area contributed by atoms with Gasteiger partial charge in [0.05, 0.1) is 17.9 Å². The Morgan fingerprint density at radius 3 is 2.50 bits per heavy atom. The number of rotatable bonds is 2. The lowest BCUT2D eigenvalue weighted by Crippen LogP contribution is -2.42. The Balaban J connectivity index is 0.00000208. The smallest absolute Gasteiger partial charge is 0.406 e. The van der Waals surface area contributed by atoms with Crippen LogP contribution in [0.2, 0.25) is 0 Å². The van der Waals surface area contributed by atoms with Crippen molar-refractivity contribution in [3.8, 4) is 5.75 Å². The Morgan fingerprint density at radius 2 is 1.92 bits per heavy atom. The van der Waals surface area contributed by atoms with Crippen molar-refractivity contribution >= 4 is 29.7 Å². The van der Waals surface area contributed by atoms with Gasteiger partial charge in [0.2, 0.25) is 0 Å². The molecule has 0 bridgehead atoms. The van der Waals surface area contributed by atoms with Crippen molar-refractivity contribution in [3.05, 3.63) is 36.2 Å². The van der Waals surface area contributed by atoms with Gasteiger partial charge in [-0.2, -0.15) is 5.10 Å². The van der Waals surface area contributed by atoms with E-state index in [1.165, 1.54) is 23.2 Å². The molecule has 1 aromatic heterocycles. The zero-order valence-corrected chi connectivity index (χ0v) is 13.3. The number of alkyl halides is 3. The van der Waals surface area contributed by atoms with Crippen LogP contribution in [-0.4, -0.2) is 28.6 Å². The maximum Gasteiger partial charge on any atom is 0.573 e. The van der Waals surface area contributed by atoms with Crippen LogP contribution in [0.4, 0.5) is 24.5 Å². The summed E-state index contributed by atoms with van der Waals surface area (Å²) in [5.74, 6) is -0.689. The number of carbonyl (C=O) groups excluding carboxylic acids is 1. The second kappa shape index (κ2) is 6.23. The number of nitrogens with two attached hydrogens (primary N) is 1. The first-order valence-corrected chi connectivity index (χ1v) is 6.77. The number of hydrogen-bond donors (Lipinski definition) is 1. The van der Waals surface area contributed by atoms with Gasteiger partial charge in [0.25, 0.3) is 5.91 Å². The summed E-state index contributed by atoms with van der Waals surface area (Å²) in [5, 5.41) is 4.07. The monoisotopic (exact) mass is 362 g/mol. The molecule has 0 saturated heterocycles. The first kappa shape index (κ1) is 17.9. The number of hydrogen-bond acceptors (Lipinski definition) is 4. The molecule has 0 radical (unpaired) electrons. The van der Waals surface area contributed by atoms with Crippen LogP contribution in [0.25, 0.3) is 0 Å². The molecule has 0 saturated carbocycles. The quantitative estimate of drug-likeness (QED) is 0.891. The Bertz CT molecular complexity index is 745. The van der Waals surface area contributed by atoms with E-state index in [1.54, 1.807) is 4.68 Å². The summed E-state index contributed by atoms with van der Waals surface area (Å²) in [5.41, 5.74) is 6.78. The van der Waals surface area contributed by atoms with Gasteiger partial charge >= 0.3 is 6.36 Å². The van der Waals surface area contributed by atoms with Gasteiger partial charge in [-0.3, -0.25) is 9.48 Å². The normalized spacial score (nSPS) is 17.2. The van der Waals surface area contributed by atoms with E-state index in [1.807, 2.05) is 6.92 Å². The standard InChI is InChI=1S/C14H13F3N4O2.ClH/c1-8-7-20(13(22)12-11(18)6-19-21(8)12)9-2-4-10(5-3-9)23-14(15,16)17;/h2-6,8H,7,18H2,1H3;1H. The van der Waals surface area contributed by atoms with Gasteiger partial charge in [-0.1, -0.05) is 0 Å². The molecule has 1 aliphatic heterocycles. The first-order chi connectivity index (χ1) is 10.8. The van der Waals surface area contributed by atoms with E-state index < -0.39 is 6.36 Å². The van der Waals surface area contributed by atoms with Gasteiger partial charge in [-0.05, 0) is 31.2 Å². The minimum Gasteiger partial charge on any atom is -0.406 e. The lowest BCUT2D eigenvalue weighted by Gasteiger charge is -2.32. The van der Waals surface area contributed by atoms with Gasteiger partial charge in [-0.25, -0.2) is 0 Å². The zero-order valence-electron chi connectivity index (χ0n) is 12.4. The van der Waals surface area contributed by atoms with Gasteiger partial charge in [0.1, 0.15) is 11.4 Å². The van der Waals surface area contributed by atoms with Crippen LogP contribution in [-0.2, 0) is 0 Å². The lowest BCUT2D eigenvalue weighted by atomic mass is 10.1. The van der Waals surface area contributed by atoms with E-state index in [0.29, 0.717) is 12.2 Å². The van der Waals surface area contributed by atoms with Crippen LogP contribution in [0, 0.1) is 0 Å². The predicted octanol–water partition coefficient (Wildman–Crippen LogP) is 3.01. The topological polar surface area (TPSA) is 73.4 Å². The number of ether oxygens (including phenoxy) is 1. The summed E-state index contributed by atoms with van der Waals surface area (Å²) in [6.07, 6.45) is -3.34. The molecule has 130 valence electrons. The average Bonchev–Trinajstić information content (AvgIpc) is 2.85. The molecule has 24 heavy (non-hydrogen) atoms. The van der Waals surface area contributed by atoms with E-state index in [4.69, 9.17) is 5.73 Å². The van der Waals surface area contributed by atoms with Crippen LogP contribution < -0.4 is 15.4 Å². The number of nitrogens with zero attached hydrogens (tertiary/aromatic N) is 3. The van der Waals surface area contributed by atoms with Crippen molar-refractivity contribution in [2.75, 3.05) is 17.2 Å². The molecule has 0 aliphatic carbocycles. The van der Waals surface area contributed by atoms with E-state index in [2.05, 4.69) is 9.84 Å². The van der Waals surface area contributed by atoms with Crippen molar-refractivity contribution in [1.82, 2.24) is 9.78 Å². The molecule has 2 heterocycles. The minimum absolute atomic E-state index is 0. The molecule has 2 aromatic rings. The zero-order chi connectivity index (χ0) is 16.8. The summed E-state index contributed by atoms with van der Waals surface area (Å²) in [6.45, 7) is 2.21. The summed E-state index contributed by atoms with van der Waals surface area (Å²) in [6, 6.07) is 5.01. The van der Waals surface area contributed by atoms with Crippen LogP contribution in [0.5, 0.6) is 5.75 Å². The SMILES string of the molecule is CC1CN(c2ccc(OC(F)(F)F)cc2)C(=O)c2c(N)cnn21.Cl. The number of nitrogen functional groups attached to an aromatic ring is 1. The van der Waals surface area contributed by atoms with Gasteiger partial charge in [0.15, 0.2) is 0 Å². The largest absolute Gasteiger partial charge is 0.573 e. The van der Waals surface area contributed by atoms with E-state index in [0.717, 1.165) is 12.1 Å². The number of fused-ring (bicyclic) bond motifs is 1. The lowest BCUT2D eigenvalue weighted by molar-refractivity contribution is -0.274. The van der Waals surface area contributed by atoms with Crippen molar-refractivity contribution in [2.45, 2.75) is 19.3 Å². The molecule has 10 heteroatoms. The molecule has 2 N–H and O–H groups in total. The van der Waals surface area contributed by atoms with Crippen LogP contribution in [0.15, 0.2) is 30.5 Å². The average molecular weight is 363 g/mol. The third-order valence-corrected chi connectivity index (χ3v) is 3.52. The summed E-state index contributed by atoms with van der Waals surface area (Å²) >= 11 is 0. The highest BCUT2D eigenvalue weighted by Gasteiger charge is 2.33. The fourth-order valence-electron chi connectivity index (χ4n) is 2.53. The van der Waals surface area contributed by atoms with Gasteiger partial charge < -0.3 is 15.4 Å². The highest BCUT2D eigenvalue weighted by atomic mass is 35.5.